The standard InChI is InChI=1S/C67H50N4/c1-5-23-54(24-6-1)68(55-25-7-2-8-26-55)58-43-45-61(46-44-58)70(66-33-17-21-52-19-13-15-31-64(52)66)59-39-35-50(36-40-59)51-37-41-60(42-38-51)71(67-34-18-22-53-20-14-16-32-65(53)67)63-48-47-62(49-63)69(56-27-9-3-10-28-56)57-29-11-4-12-30-57/h1-48H,49H2. The van der Waals surface area contributed by atoms with Gasteiger partial charge in [-0.3, -0.25) is 0 Å². The molecule has 338 valence electrons. The van der Waals surface area contributed by atoms with Gasteiger partial charge in [0.25, 0.3) is 0 Å². The molecule has 0 aromatic heterocycles. The van der Waals surface area contributed by atoms with E-state index < -0.39 is 0 Å². The number of anilines is 10. The van der Waals surface area contributed by atoms with Crippen LogP contribution in [0.3, 0.4) is 0 Å². The van der Waals surface area contributed by atoms with E-state index in [0.717, 1.165) is 74.4 Å². The second kappa shape index (κ2) is 19.3. The molecular weight excluding hydrogens is 861 g/mol. The molecule has 1 aliphatic carbocycles. The van der Waals surface area contributed by atoms with Gasteiger partial charge >= 0.3 is 0 Å². The predicted molar refractivity (Wildman–Crippen MR) is 301 cm³/mol. The van der Waals surface area contributed by atoms with Crippen molar-refractivity contribution in [2.24, 2.45) is 0 Å². The highest BCUT2D eigenvalue weighted by atomic mass is 15.2. The van der Waals surface area contributed by atoms with Crippen LogP contribution in [-0.2, 0) is 0 Å². The summed E-state index contributed by atoms with van der Waals surface area (Å²) in [5.41, 5.74) is 15.9. The van der Waals surface area contributed by atoms with Gasteiger partial charge in [0.2, 0.25) is 0 Å². The lowest BCUT2D eigenvalue weighted by atomic mass is 10.0. The van der Waals surface area contributed by atoms with E-state index in [1.165, 1.54) is 32.9 Å². The number of allylic oxidation sites excluding steroid dienone is 2. The van der Waals surface area contributed by atoms with Crippen LogP contribution in [0.25, 0.3) is 32.7 Å². The zero-order chi connectivity index (χ0) is 47.3. The largest absolute Gasteiger partial charge is 0.314 e. The van der Waals surface area contributed by atoms with Crippen molar-refractivity contribution in [3.05, 3.63) is 303 Å². The van der Waals surface area contributed by atoms with Gasteiger partial charge in [0.05, 0.1) is 11.4 Å². The molecule has 4 heteroatoms. The Morgan fingerprint density at radius 3 is 0.944 bits per heavy atom. The van der Waals surface area contributed by atoms with Crippen molar-refractivity contribution < 1.29 is 0 Å². The molecule has 0 spiro atoms. The molecule has 71 heavy (non-hydrogen) atoms. The first-order chi connectivity index (χ1) is 35.2. The number of hydrogen-bond acceptors (Lipinski definition) is 4. The molecule has 0 radical (unpaired) electrons. The van der Waals surface area contributed by atoms with E-state index in [1.807, 2.05) is 0 Å². The van der Waals surface area contributed by atoms with Gasteiger partial charge in [0.1, 0.15) is 0 Å². The lowest BCUT2D eigenvalue weighted by molar-refractivity contribution is 1.01. The molecule has 0 fully saturated rings. The van der Waals surface area contributed by atoms with E-state index in [0.29, 0.717) is 0 Å². The monoisotopic (exact) mass is 910 g/mol. The summed E-state index contributed by atoms with van der Waals surface area (Å²) in [6.07, 6.45) is 5.33. The quantitative estimate of drug-likeness (QED) is 0.114. The van der Waals surface area contributed by atoms with Gasteiger partial charge in [-0.05, 0) is 143 Å². The first-order valence-corrected chi connectivity index (χ1v) is 24.3. The minimum atomic E-state index is 0.754. The summed E-state index contributed by atoms with van der Waals surface area (Å²) in [7, 11) is 0. The number of benzene rings is 11. The first-order valence-electron chi connectivity index (χ1n) is 24.3. The van der Waals surface area contributed by atoms with E-state index >= 15 is 0 Å². The molecule has 0 atom stereocenters. The van der Waals surface area contributed by atoms with Crippen LogP contribution >= 0.6 is 0 Å². The van der Waals surface area contributed by atoms with Crippen molar-refractivity contribution in [1.29, 1.82) is 0 Å². The van der Waals surface area contributed by atoms with E-state index in [-0.39, 0.29) is 0 Å². The third-order valence-electron chi connectivity index (χ3n) is 13.4. The summed E-state index contributed by atoms with van der Waals surface area (Å²) >= 11 is 0. The lowest BCUT2D eigenvalue weighted by Crippen LogP contribution is -2.20. The van der Waals surface area contributed by atoms with Crippen LogP contribution in [0.1, 0.15) is 6.42 Å². The topological polar surface area (TPSA) is 13.0 Å². The predicted octanol–water partition coefficient (Wildman–Crippen LogP) is 18.7. The van der Waals surface area contributed by atoms with Crippen molar-refractivity contribution in [3.8, 4) is 11.1 Å². The third-order valence-corrected chi connectivity index (χ3v) is 13.4. The number of fused-ring (bicyclic) bond motifs is 2. The molecule has 11 aromatic rings. The maximum Gasteiger partial charge on any atom is 0.0540 e. The van der Waals surface area contributed by atoms with E-state index in [9.17, 15) is 0 Å². The van der Waals surface area contributed by atoms with Crippen molar-refractivity contribution in [2.75, 3.05) is 19.6 Å². The molecule has 0 unspecified atom stereocenters. The van der Waals surface area contributed by atoms with E-state index in [4.69, 9.17) is 0 Å². The molecule has 0 heterocycles. The Labute approximate surface area is 416 Å². The van der Waals surface area contributed by atoms with Crippen molar-refractivity contribution in [1.82, 2.24) is 0 Å². The Hall–Kier alpha value is -9.38. The molecule has 0 aliphatic heterocycles. The second-order valence-electron chi connectivity index (χ2n) is 17.8. The third kappa shape index (κ3) is 8.60. The van der Waals surface area contributed by atoms with Gasteiger partial charge in [-0.2, -0.15) is 0 Å². The minimum Gasteiger partial charge on any atom is -0.314 e. The van der Waals surface area contributed by atoms with Gasteiger partial charge in [-0.25, -0.2) is 0 Å². The van der Waals surface area contributed by atoms with Crippen molar-refractivity contribution in [3.63, 3.8) is 0 Å². The molecule has 12 rings (SSSR count). The van der Waals surface area contributed by atoms with Gasteiger partial charge < -0.3 is 19.6 Å². The molecule has 0 amide bonds. The zero-order valence-electron chi connectivity index (χ0n) is 39.2. The Bertz CT molecular complexity index is 3560. The van der Waals surface area contributed by atoms with Gasteiger partial charge in [-0.1, -0.05) is 170 Å². The van der Waals surface area contributed by atoms with Crippen LogP contribution in [0.5, 0.6) is 0 Å². The van der Waals surface area contributed by atoms with Gasteiger partial charge in [-0.15, -0.1) is 0 Å². The summed E-state index contributed by atoms with van der Waals surface area (Å²) < 4.78 is 0. The van der Waals surface area contributed by atoms with E-state index in [1.54, 1.807) is 0 Å². The van der Waals surface area contributed by atoms with Crippen LogP contribution in [0, 0.1) is 0 Å². The first kappa shape index (κ1) is 42.9. The Morgan fingerprint density at radius 2 is 0.507 bits per heavy atom. The summed E-state index contributed by atoms with van der Waals surface area (Å²) in [5.74, 6) is 0. The highest BCUT2D eigenvalue weighted by molar-refractivity contribution is 6.00. The van der Waals surface area contributed by atoms with Crippen LogP contribution in [-0.4, -0.2) is 0 Å². The fourth-order valence-electron chi connectivity index (χ4n) is 10.1. The Morgan fingerprint density at radius 1 is 0.211 bits per heavy atom. The highest BCUT2D eigenvalue weighted by Crippen LogP contribution is 2.44. The minimum absolute atomic E-state index is 0.754. The average molecular weight is 911 g/mol. The summed E-state index contributed by atoms with van der Waals surface area (Å²) in [6, 6.07) is 100. The molecule has 0 bridgehead atoms. The summed E-state index contributed by atoms with van der Waals surface area (Å²) in [4.78, 5) is 9.50. The smallest absolute Gasteiger partial charge is 0.0540 e. The normalized spacial score (nSPS) is 12.1. The number of para-hydroxylation sites is 4. The zero-order valence-corrected chi connectivity index (χ0v) is 39.2. The summed E-state index contributed by atoms with van der Waals surface area (Å²) in [6.45, 7) is 0. The number of rotatable bonds is 13. The van der Waals surface area contributed by atoms with Gasteiger partial charge in [0, 0.05) is 74.1 Å². The molecule has 11 aromatic carbocycles. The fourth-order valence-corrected chi connectivity index (χ4v) is 10.1. The molecule has 0 saturated heterocycles. The maximum atomic E-state index is 2.44. The van der Waals surface area contributed by atoms with Crippen LogP contribution in [0.4, 0.5) is 56.9 Å². The highest BCUT2D eigenvalue weighted by Gasteiger charge is 2.25. The van der Waals surface area contributed by atoms with Crippen molar-refractivity contribution >= 4 is 78.4 Å². The molecular formula is C67H50N4. The maximum absolute atomic E-state index is 2.44. The van der Waals surface area contributed by atoms with Gasteiger partial charge in [0.15, 0.2) is 0 Å². The second-order valence-corrected chi connectivity index (χ2v) is 17.8. The van der Waals surface area contributed by atoms with Crippen LogP contribution < -0.4 is 19.6 Å². The van der Waals surface area contributed by atoms with E-state index in [2.05, 4.69) is 311 Å². The van der Waals surface area contributed by atoms with Crippen molar-refractivity contribution in [2.45, 2.75) is 6.42 Å². The molecule has 0 N–H and O–H groups in total. The average Bonchev–Trinajstić information content (AvgIpc) is 3.92. The Balaban J connectivity index is 0.879. The fraction of sp³-hybridized carbons (Fsp3) is 0.0149. The Kier molecular flexibility index (Phi) is 11.7. The number of nitrogens with zero attached hydrogens (tertiary/aromatic N) is 4. The molecule has 0 saturated carbocycles. The SMILES string of the molecule is C1=C(N(c2ccccc2)c2ccccc2)CC(N(c2ccc(-c3ccc(N(c4ccc(N(c5ccccc5)c5ccccc5)cc4)c4cccc5ccccc45)cc3)cc2)c2cccc3ccccc23)=C1. The lowest BCUT2D eigenvalue weighted by Gasteiger charge is -2.31. The van der Waals surface area contributed by atoms with Crippen LogP contribution in [0.15, 0.2) is 303 Å². The molecule has 1 aliphatic rings. The van der Waals surface area contributed by atoms with Crippen LogP contribution in [0.2, 0.25) is 0 Å². The summed E-state index contributed by atoms with van der Waals surface area (Å²) in [5, 5.41) is 4.81. The molecule has 4 nitrogen and oxygen atoms in total. The number of hydrogen-bond donors (Lipinski definition) is 0.